The summed E-state index contributed by atoms with van der Waals surface area (Å²) >= 11 is 0. The number of amides is 1. The molecule has 0 unspecified atom stereocenters. The van der Waals surface area contributed by atoms with Crippen molar-refractivity contribution in [2.45, 2.75) is 6.92 Å². The van der Waals surface area contributed by atoms with Crippen LogP contribution in [-0.4, -0.2) is 61.3 Å². The largest absolute Gasteiger partial charge is 0.353 e. The first-order valence-corrected chi connectivity index (χ1v) is 10.3. The first kappa shape index (κ1) is 19.0. The van der Waals surface area contributed by atoms with Crippen LogP contribution in [-0.2, 0) is 0 Å². The van der Waals surface area contributed by atoms with Crippen LogP contribution < -0.4 is 4.90 Å². The van der Waals surface area contributed by atoms with Gasteiger partial charge in [0.05, 0.1) is 5.69 Å². The van der Waals surface area contributed by atoms with Gasteiger partial charge in [-0.2, -0.15) is 5.10 Å². The molecule has 156 valence electrons. The Balaban J connectivity index is 1.24. The second kappa shape index (κ2) is 8.06. The number of carbonyl (C=O) groups is 1. The Morgan fingerprint density at radius 3 is 2.26 bits per heavy atom. The van der Waals surface area contributed by atoms with E-state index in [1.165, 1.54) is 0 Å². The average Bonchev–Trinajstić information content (AvgIpc) is 3.51. The second-order valence-corrected chi connectivity index (χ2v) is 7.55. The lowest BCUT2D eigenvalue weighted by Crippen LogP contribution is -2.49. The SMILES string of the molecule is Cc1ccn(-c2cc(N3CCN(C(=O)c4ccc(-n5cccc5)cc4)CC3)ncn2)n1. The van der Waals surface area contributed by atoms with Crippen molar-refractivity contribution in [3.05, 3.63) is 84.7 Å². The van der Waals surface area contributed by atoms with Gasteiger partial charge >= 0.3 is 0 Å². The van der Waals surface area contributed by atoms with Crippen LogP contribution in [0.25, 0.3) is 11.5 Å². The van der Waals surface area contributed by atoms with Gasteiger partial charge < -0.3 is 14.4 Å². The van der Waals surface area contributed by atoms with Crippen LogP contribution in [0.4, 0.5) is 5.82 Å². The van der Waals surface area contributed by atoms with Crippen LogP contribution >= 0.6 is 0 Å². The van der Waals surface area contributed by atoms with E-state index in [0.717, 1.165) is 36.1 Å². The molecule has 1 aliphatic rings. The highest BCUT2D eigenvalue weighted by molar-refractivity contribution is 5.94. The molecular formula is C23H23N7O. The molecule has 3 aromatic heterocycles. The van der Waals surface area contributed by atoms with E-state index >= 15 is 0 Å². The Morgan fingerprint density at radius 2 is 1.58 bits per heavy atom. The zero-order valence-electron chi connectivity index (χ0n) is 17.3. The van der Waals surface area contributed by atoms with Crippen LogP contribution in [0.5, 0.6) is 0 Å². The summed E-state index contributed by atoms with van der Waals surface area (Å²) in [6.45, 7) is 4.70. The van der Waals surface area contributed by atoms with Crippen molar-refractivity contribution in [3.63, 3.8) is 0 Å². The second-order valence-electron chi connectivity index (χ2n) is 7.55. The van der Waals surface area contributed by atoms with E-state index < -0.39 is 0 Å². The molecule has 8 heteroatoms. The van der Waals surface area contributed by atoms with Gasteiger partial charge in [-0.1, -0.05) is 0 Å². The van der Waals surface area contributed by atoms with Crippen LogP contribution in [0.2, 0.25) is 0 Å². The van der Waals surface area contributed by atoms with Crippen molar-refractivity contribution < 1.29 is 4.79 Å². The quantitative estimate of drug-likeness (QED) is 0.514. The molecule has 0 bridgehead atoms. The predicted octanol–water partition coefficient (Wildman–Crippen LogP) is 2.72. The third kappa shape index (κ3) is 3.92. The summed E-state index contributed by atoms with van der Waals surface area (Å²) in [5.74, 6) is 1.65. The van der Waals surface area contributed by atoms with Crippen LogP contribution in [0.1, 0.15) is 16.1 Å². The molecule has 0 spiro atoms. The minimum absolute atomic E-state index is 0.0640. The molecule has 1 fully saturated rings. The smallest absolute Gasteiger partial charge is 0.253 e. The number of anilines is 1. The van der Waals surface area contributed by atoms with Gasteiger partial charge in [0.15, 0.2) is 5.82 Å². The van der Waals surface area contributed by atoms with E-state index in [9.17, 15) is 4.79 Å². The van der Waals surface area contributed by atoms with Gasteiger partial charge in [0, 0.05) is 62.1 Å². The topological polar surface area (TPSA) is 72.1 Å². The minimum Gasteiger partial charge on any atom is -0.353 e. The monoisotopic (exact) mass is 413 g/mol. The van der Waals surface area contributed by atoms with Gasteiger partial charge in [0.1, 0.15) is 12.1 Å². The summed E-state index contributed by atoms with van der Waals surface area (Å²) in [4.78, 5) is 25.8. The Bertz CT molecular complexity index is 1170. The van der Waals surface area contributed by atoms with E-state index in [-0.39, 0.29) is 5.91 Å². The average molecular weight is 413 g/mol. The zero-order valence-corrected chi connectivity index (χ0v) is 17.3. The first-order valence-electron chi connectivity index (χ1n) is 10.3. The van der Waals surface area contributed by atoms with Gasteiger partial charge in [0.2, 0.25) is 0 Å². The Labute approximate surface area is 180 Å². The predicted molar refractivity (Wildman–Crippen MR) is 118 cm³/mol. The zero-order chi connectivity index (χ0) is 21.2. The van der Waals surface area contributed by atoms with E-state index in [1.807, 2.05) is 83.5 Å². The first-order chi connectivity index (χ1) is 15.2. The third-order valence-corrected chi connectivity index (χ3v) is 5.50. The molecule has 0 radical (unpaired) electrons. The summed E-state index contributed by atoms with van der Waals surface area (Å²) in [6, 6.07) is 15.6. The number of rotatable bonds is 4. The number of benzene rings is 1. The molecule has 0 aliphatic carbocycles. The van der Waals surface area contributed by atoms with E-state index in [4.69, 9.17) is 0 Å². The fourth-order valence-electron chi connectivity index (χ4n) is 3.78. The molecule has 0 atom stereocenters. The van der Waals surface area contributed by atoms with Crippen LogP contribution in [0.15, 0.2) is 73.4 Å². The van der Waals surface area contributed by atoms with Gasteiger partial charge in [-0.15, -0.1) is 0 Å². The summed E-state index contributed by atoms with van der Waals surface area (Å²) < 4.78 is 3.77. The lowest BCUT2D eigenvalue weighted by Gasteiger charge is -2.35. The molecule has 1 aromatic carbocycles. The lowest BCUT2D eigenvalue weighted by molar-refractivity contribution is 0.0746. The molecule has 1 aliphatic heterocycles. The fourth-order valence-corrected chi connectivity index (χ4v) is 3.78. The summed E-state index contributed by atoms with van der Waals surface area (Å²) in [5.41, 5.74) is 2.69. The van der Waals surface area contributed by atoms with Crippen molar-refractivity contribution in [3.8, 4) is 11.5 Å². The van der Waals surface area contributed by atoms with Gasteiger partial charge in [-0.05, 0) is 49.4 Å². The fraction of sp³-hybridized carbons (Fsp3) is 0.217. The summed E-state index contributed by atoms with van der Waals surface area (Å²) in [5, 5.41) is 4.41. The van der Waals surface area contributed by atoms with Crippen molar-refractivity contribution in [2.75, 3.05) is 31.1 Å². The molecule has 8 nitrogen and oxygen atoms in total. The number of nitrogens with zero attached hydrogens (tertiary/aromatic N) is 7. The van der Waals surface area contributed by atoms with Gasteiger partial charge in [-0.25, -0.2) is 14.6 Å². The number of carbonyl (C=O) groups excluding carboxylic acids is 1. The van der Waals surface area contributed by atoms with E-state index in [0.29, 0.717) is 18.7 Å². The highest BCUT2D eigenvalue weighted by atomic mass is 16.2. The third-order valence-electron chi connectivity index (χ3n) is 5.50. The molecule has 1 saturated heterocycles. The maximum absolute atomic E-state index is 12.9. The van der Waals surface area contributed by atoms with Gasteiger partial charge in [-0.3, -0.25) is 4.79 Å². The molecule has 4 aromatic rings. The van der Waals surface area contributed by atoms with Crippen molar-refractivity contribution >= 4 is 11.7 Å². The number of aryl methyl sites for hydroxylation is 1. The van der Waals surface area contributed by atoms with Crippen molar-refractivity contribution in [1.29, 1.82) is 0 Å². The van der Waals surface area contributed by atoms with Crippen molar-refractivity contribution in [2.24, 2.45) is 0 Å². The summed E-state index contributed by atoms with van der Waals surface area (Å²) in [7, 11) is 0. The maximum atomic E-state index is 12.9. The number of hydrogen-bond donors (Lipinski definition) is 0. The van der Waals surface area contributed by atoms with Crippen LogP contribution in [0.3, 0.4) is 0 Å². The Kier molecular flexibility index (Phi) is 4.95. The molecule has 5 rings (SSSR count). The molecule has 1 amide bonds. The molecule has 0 N–H and O–H groups in total. The lowest BCUT2D eigenvalue weighted by atomic mass is 10.1. The molecule has 0 saturated carbocycles. The standard InChI is InChI=1S/C23H23N7O/c1-18-8-11-30(26-18)22-16-21(24-17-25-22)28-12-14-29(15-13-28)23(31)19-4-6-20(7-5-19)27-9-2-3-10-27/h2-11,16-17H,12-15H2,1H3. The van der Waals surface area contributed by atoms with Gasteiger partial charge in [0.25, 0.3) is 5.91 Å². The Morgan fingerprint density at radius 1 is 0.871 bits per heavy atom. The normalized spacial score (nSPS) is 14.1. The van der Waals surface area contributed by atoms with E-state index in [2.05, 4.69) is 20.0 Å². The number of piperazine rings is 1. The molecule has 31 heavy (non-hydrogen) atoms. The minimum atomic E-state index is 0.0640. The molecule has 4 heterocycles. The van der Waals surface area contributed by atoms with E-state index in [1.54, 1.807) is 11.0 Å². The highest BCUT2D eigenvalue weighted by Gasteiger charge is 2.23. The maximum Gasteiger partial charge on any atom is 0.253 e. The molecular weight excluding hydrogens is 390 g/mol. The number of aromatic nitrogens is 5. The summed E-state index contributed by atoms with van der Waals surface area (Å²) in [6.07, 6.45) is 7.43. The van der Waals surface area contributed by atoms with Crippen molar-refractivity contribution in [1.82, 2.24) is 29.2 Å². The highest BCUT2D eigenvalue weighted by Crippen LogP contribution is 2.18. The Hall–Kier alpha value is -3.94. The van der Waals surface area contributed by atoms with Crippen LogP contribution in [0, 0.1) is 6.92 Å². The number of hydrogen-bond acceptors (Lipinski definition) is 5.